The highest BCUT2D eigenvalue weighted by atomic mass is 32.1. The Balaban J connectivity index is 1.61. The maximum Gasteiger partial charge on any atom is 0.00401 e. The van der Waals surface area contributed by atoms with Crippen molar-refractivity contribution in [3.8, 4) is 0 Å². The highest BCUT2D eigenvalue weighted by Crippen LogP contribution is 2.37. The predicted octanol–water partition coefficient (Wildman–Crippen LogP) is 7.00. The fourth-order valence-corrected chi connectivity index (χ4v) is 3.89. The molecular formula is C20H32S. The molecule has 1 aromatic carbocycles. The highest BCUT2D eigenvalue weighted by Gasteiger charge is 2.21. The summed E-state index contributed by atoms with van der Waals surface area (Å²) in [6.07, 6.45) is 15.8. The molecule has 0 unspecified atom stereocenters. The predicted molar refractivity (Wildman–Crippen MR) is 96.4 cm³/mol. The van der Waals surface area contributed by atoms with Gasteiger partial charge >= 0.3 is 0 Å². The summed E-state index contributed by atoms with van der Waals surface area (Å²) < 4.78 is 0. The molecule has 0 saturated heterocycles. The Morgan fingerprint density at radius 3 is 2.14 bits per heavy atom. The molecule has 21 heavy (non-hydrogen) atoms. The second kappa shape index (κ2) is 9.56. The number of unbranched alkanes of at least 4 members (excludes halogenated alkanes) is 5. The van der Waals surface area contributed by atoms with E-state index in [4.69, 9.17) is 0 Å². The van der Waals surface area contributed by atoms with E-state index in [1.165, 1.54) is 76.2 Å². The van der Waals surface area contributed by atoms with E-state index in [1.807, 2.05) is 0 Å². The molecule has 0 atom stereocenters. The third kappa shape index (κ3) is 6.06. The zero-order valence-electron chi connectivity index (χ0n) is 13.7. The van der Waals surface area contributed by atoms with Crippen LogP contribution in [0.15, 0.2) is 29.2 Å². The van der Waals surface area contributed by atoms with Gasteiger partial charge in [0.2, 0.25) is 0 Å². The molecule has 1 aliphatic rings. The number of hydrogen-bond acceptors (Lipinski definition) is 1. The van der Waals surface area contributed by atoms with E-state index in [-0.39, 0.29) is 0 Å². The lowest BCUT2D eigenvalue weighted by Crippen LogP contribution is -2.13. The van der Waals surface area contributed by atoms with Gasteiger partial charge < -0.3 is 0 Å². The van der Waals surface area contributed by atoms with E-state index in [0.29, 0.717) is 0 Å². The molecule has 1 aliphatic carbocycles. The maximum absolute atomic E-state index is 4.38. The van der Waals surface area contributed by atoms with Crippen LogP contribution in [-0.4, -0.2) is 0 Å². The third-order valence-electron chi connectivity index (χ3n) is 5.18. The van der Waals surface area contributed by atoms with Gasteiger partial charge in [0.1, 0.15) is 0 Å². The Kier molecular flexibility index (Phi) is 7.71. The van der Waals surface area contributed by atoms with Crippen LogP contribution in [-0.2, 0) is 0 Å². The van der Waals surface area contributed by atoms with Gasteiger partial charge in [-0.1, -0.05) is 64.0 Å². The first kappa shape index (κ1) is 16.9. The molecule has 0 heterocycles. The molecule has 0 N–H and O–H groups in total. The summed E-state index contributed by atoms with van der Waals surface area (Å²) >= 11 is 4.38. The quantitative estimate of drug-likeness (QED) is 0.388. The van der Waals surface area contributed by atoms with Gasteiger partial charge in [-0.15, -0.1) is 12.6 Å². The molecule has 0 aromatic heterocycles. The van der Waals surface area contributed by atoms with Crippen LogP contribution in [0.1, 0.15) is 89.0 Å². The van der Waals surface area contributed by atoms with Gasteiger partial charge in [0, 0.05) is 4.90 Å². The molecule has 0 aliphatic heterocycles. The third-order valence-corrected chi connectivity index (χ3v) is 5.48. The lowest BCUT2D eigenvalue weighted by atomic mass is 9.77. The summed E-state index contributed by atoms with van der Waals surface area (Å²) in [6, 6.07) is 8.84. The summed E-state index contributed by atoms with van der Waals surface area (Å²) in [5, 5.41) is 0. The Morgan fingerprint density at radius 2 is 1.48 bits per heavy atom. The molecule has 1 heteroatoms. The average Bonchev–Trinajstić information content (AvgIpc) is 2.52. The second-order valence-corrected chi connectivity index (χ2v) is 7.38. The van der Waals surface area contributed by atoms with Gasteiger partial charge in [-0.05, 0) is 55.2 Å². The van der Waals surface area contributed by atoms with E-state index < -0.39 is 0 Å². The molecule has 0 radical (unpaired) electrons. The Morgan fingerprint density at radius 1 is 0.857 bits per heavy atom. The van der Waals surface area contributed by atoms with Crippen molar-refractivity contribution in [2.24, 2.45) is 5.92 Å². The van der Waals surface area contributed by atoms with Crippen molar-refractivity contribution in [3.05, 3.63) is 29.8 Å². The minimum atomic E-state index is 0.805. The number of benzene rings is 1. The summed E-state index contributed by atoms with van der Waals surface area (Å²) in [5.74, 6) is 1.82. The highest BCUT2D eigenvalue weighted by molar-refractivity contribution is 7.80. The van der Waals surface area contributed by atoms with Crippen LogP contribution in [0.4, 0.5) is 0 Å². The van der Waals surface area contributed by atoms with E-state index >= 15 is 0 Å². The second-order valence-electron chi connectivity index (χ2n) is 6.87. The van der Waals surface area contributed by atoms with E-state index in [9.17, 15) is 0 Å². The molecule has 0 bridgehead atoms. The largest absolute Gasteiger partial charge is 0.143 e. The number of rotatable bonds is 8. The fraction of sp³-hybridized carbons (Fsp3) is 0.700. The fourth-order valence-electron chi connectivity index (χ4n) is 3.74. The summed E-state index contributed by atoms with van der Waals surface area (Å²) in [5.41, 5.74) is 1.53. The minimum Gasteiger partial charge on any atom is -0.143 e. The zero-order valence-corrected chi connectivity index (χ0v) is 14.6. The summed E-state index contributed by atoms with van der Waals surface area (Å²) in [7, 11) is 0. The summed E-state index contributed by atoms with van der Waals surface area (Å²) in [6.45, 7) is 2.29. The topological polar surface area (TPSA) is 0 Å². The van der Waals surface area contributed by atoms with Crippen LogP contribution in [0.5, 0.6) is 0 Å². The van der Waals surface area contributed by atoms with Gasteiger partial charge in [-0.2, -0.15) is 0 Å². The van der Waals surface area contributed by atoms with Crippen LogP contribution >= 0.6 is 12.6 Å². The molecule has 1 fully saturated rings. The zero-order chi connectivity index (χ0) is 14.9. The number of thiol groups is 1. The first-order valence-corrected chi connectivity index (χ1v) is 9.53. The van der Waals surface area contributed by atoms with E-state index in [2.05, 4.69) is 43.8 Å². The maximum atomic E-state index is 4.38. The van der Waals surface area contributed by atoms with Gasteiger partial charge in [0.25, 0.3) is 0 Å². The first-order chi connectivity index (χ1) is 10.3. The molecule has 0 nitrogen and oxygen atoms in total. The van der Waals surface area contributed by atoms with Crippen molar-refractivity contribution in [2.75, 3.05) is 0 Å². The van der Waals surface area contributed by atoms with Crippen LogP contribution in [0, 0.1) is 5.92 Å². The standard InChI is InChI=1S/C20H32S/c1-2-3-4-5-6-7-8-17-9-11-18(12-10-17)19-13-15-20(21)16-14-19/h13-18,21H,2-12H2,1H3. The van der Waals surface area contributed by atoms with Crippen molar-refractivity contribution < 1.29 is 0 Å². The first-order valence-electron chi connectivity index (χ1n) is 9.08. The van der Waals surface area contributed by atoms with Gasteiger partial charge in [0.05, 0.1) is 0 Å². The van der Waals surface area contributed by atoms with Gasteiger partial charge in [0.15, 0.2) is 0 Å². The Bertz CT molecular complexity index is 373. The monoisotopic (exact) mass is 304 g/mol. The van der Waals surface area contributed by atoms with Crippen molar-refractivity contribution in [1.82, 2.24) is 0 Å². The molecule has 0 amide bonds. The van der Waals surface area contributed by atoms with Crippen molar-refractivity contribution in [3.63, 3.8) is 0 Å². The molecule has 118 valence electrons. The van der Waals surface area contributed by atoms with Crippen LogP contribution < -0.4 is 0 Å². The molecule has 1 aromatic rings. The summed E-state index contributed by atoms with van der Waals surface area (Å²) in [4.78, 5) is 1.08. The van der Waals surface area contributed by atoms with Gasteiger partial charge in [-0.25, -0.2) is 0 Å². The SMILES string of the molecule is CCCCCCCCC1CCC(c2ccc(S)cc2)CC1. The number of hydrogen-bond donors (Lipinski definition) is 1. The molecule has 2 rings (SSSR count). The van der Waals surface area contributed by atoms with Crippen molar-refractivity contribution >= 4 is 12.6 Å². The minimum absolute atomic E-state index is 0.805. The Hall–Kier alpha value is -0.430. The van der Waals surface area contributed by atoms with Crippen LogP contribution in [0.3, 0.4) is 0 Å². The Labute approximate surface area is 137 Å². The van der Waals surface area contributed by atoms with Crippen LogP contribution in [0.25, 0.3) is 0 Å². The molecule has 1 saturated carbocycles. The normalized spacial score (nSPS) is 22.4. The van der Waals surface area contributed by atoms with Gasteiger partial charge in [-0.3, -0.25) is 0 Å². The van der Waals surface area contributed by atoms with Crippen molar-refractivity contribution in [2.45, 2.75) is 88.4 Å². The average molecular weight is 305 g/mol. The van der Waals surface area contributed by atoms with Crippen molar-refractivity contribution in [1.29, 1.82) is 0 Å². The van der Waals surface area contributed by atoms with E-state index in [1.54, 1.807) is 0 Å². The molecular weight excluding hydrogens is 272 g/mol. The lowest BCUT2D eigenvalue weighted by Gasteiger charge is -2.29. The molecule has 0 spiro atoms. The van der Waals surface area contributed by atoms with Crippen LogP contribution in [0.2, 0.25) is 0 Å². The smallest absolute Gasteiger partial charge is 0.00401 e. The van der Waals surface area contributed by atoms with E-state index in [0.717, 1.165) is 16.7 Å². The lowest BCUT2D eigenvalue weighted by molar-refractivity contribution is 0.302.